The van der Waals surface area contributed by atoms with E-state index in [4.69, 9.17) is 9.52 Å². The second-order valence-electron chi connectivity index (χ2n) is 4.27. The number of carbonyl (C=O) groups is 1. The van der Waals surface area contributed by atoms with Gasteiger partial charge in [0, 0.05) is 10.9 Å². The summed E-state index contributed by atoms with van der Waals surface area (Å²) in [6, 6.07) is 12.9. The number of furan rings is 1. The molecular formula is C15H10FNO3. The minimum atomic E-state index is -1.21. The second-order valence-corrected chi connectivity index (χ2v) is 4.27. The summed E-state index contributed by atoms with van der Waals surface area (Å²) in [7, 11) is 0. The van der Waals surface area contributed by atoms with Crippen molar-refractivity contribution in [2.75, 3.05) is 5.32 Å². The minimum absolute atomic E-state index is 0.276. The van der Waals surface area contributed by atoms with E-state index in [0.717, 1.165) is 5.39 Å². The number of fused-ring (bicyclic) bond motifs is 1. The number of benzene rings is 2. The Morgan fingerprint density at radius 3 is 2.70 bits per heavy atom. The van der Waals surface area contributed by atoms with Crippen molar-refractivity contribution in [1.82, 2.24) is 0 Å². The van der Waals surface area contributed by atoms with E-state index in [1.54, 1.807) is 12.1 Å². The summed E-state index contributed by atoms with van der Waals surface area (Å²) in [6.07, 6.45) is -1.21. The zero-order chi connectivity index (χ0) is 14.1. The lowest BCUT2D eigenvalue weighted by Gasteiger charge is -2.06. The third-order valence-corrected chi connectivity index (χ3v) is 2.91. The van der Waals surface area contributed by atoms with Gasteiger partial charge in [-0.3, -0.25) is 5.32 Å². The van der Waals surface area contributed by atoms with Crippen molar-refractivity contribution < 1.29 is 18.7 Å². The highest BCUT2D eigenvalue weighted by atomic mass is 19.1. The molecule has 0 aliphatic carbocycles. The van der Waals surface area contributed by atoms with Crippen molar-refractivity contribution in [2.24, 2.45) is 0 Å². The monoisotopic (exact) mass is 271 g/mol. The van der Waals surface area contributed by atoms with Gasteiger partial charge in [0.25, 0.3) is 0 Å². The van der Waals surface area contributed by atoms with Gasteiger partial charge in [-0.2, -0.15) is 0 Å². The van der Waals surface area contributed by atoms with E-state index < -0.39 is 11.9 Å². The van der Waals surface area contributed by atoms with Crippen LogP contribution in [0.25, 0.3) is 22.3 Å². The maximum Gasteiger partial charge on any atom is 0.409 e. The van der Waals surface area contributed by atoms with Gasteiger partial charge in [-0.15, -0.1) is 0 Å². The summed E-state index contributed by atoms with van der Waals surface area (Å²) >= 11 is 0. The molecule has 1 aromatic heterocycles. The number of anilines is 1. The highest BCUT2D eigenvalue weighted by molar-refractivity contribution is 5.92. The Morgan fingerprint density at radius 2 is 1.95 bits per heavy atom. The second kappa shape index (κ2) is 4.70. The Bertz CT molecular complexity index is 762. The van der Waals surface area contributed by atoms with Gasteiger partial charge in [0.2, 0.25) is 0 Å². The molecule has 1 heterocycles. The highest BCUT2D eigenvalue weighted by Gasteiger charge is 2.13. The quantitative estimate of drug-likeness (QED) is 0.729. The van der Waals surface area contributed by atoms with E-state index in [1.807, 2.05) is 18.2 Å². The first-order valence-corrected chi connectivity index (χ1v) is 5.92. The fourth-order valence-corrected chi connectivity index (χ4v) is 2.06. The Morgan fingerprint density at radius 1 is 1.15 bits per heavy atom. The molecule has 0 bridgehead atoms. The summed E-state index contributed by atoms with van der Waals surface area (Å²) in [5.41, 5.74) is 1.30. The van der Waals surface area contributed by atoms with Crippen LogP contribution in [-0.4, -0.2) is 11.2 Å². The molecule has 100 valence electrons. The Labute approximate surface area is 113 Å². The van der Waals surface area contributed by atoms with E-state index in [-0.39, 0.29) is 5.69 Å². The van der Waals surface area contributed by atoms with E-state index in [9.17, 15) is 9.18 Å². The molecule has 0 fully saturated rings. The number of rotatable bonds is 2. The number of hydrogen-bond acceptors (Lipinski definition) is 2. The average molecular weight is 271 g/mol. The van der Waals surface area contributed by atoms with Gasteiger partial charge in [-0.25, -0.2) is 9.18 Å². The van der Waals surface area contributed by atoms with Crippen LogP contribution in [0.5, 0.6) is 0 Å². The van der Waals surface area contributed by atoms with Gasteiger partial charge >= 0.3 is 6.09 Å². The lowest BCUT2D eigenvalue weighted by molar-refractivity contribution is 0.210. The molecule has 3 aromatic rings. The minimum Gasteiger partial charge on any atom is -0.465 e. The number of halogens is 1. The molecule has 0 saturated carbocycles. The fraction of sp³-hybridized carbons (Fsp3) is 0. The summed E-state index contributed by atoms with van der Waals surface area (Å²) in [4.78, 5) is 10.8. The molecule has 3 rings (SSSR count). The third kappa shape index (κ3) is 2.21. The number of hydrogen-bond donors (Lipinski definition) is 2. The van der Waals surface area contributed by atoms with Crippen molar-refractivity contribution in [3.8, 4) is 11.3 Å². The molecule has 2 N–H and O–H groups in total. The molecule has 5 heteroatoms. The van der Waals surface area contributed by atoms with E-state index in [0.29, 0.717) is 16.9 Å². The molecule has 0 aliphatic heterocycles. The van der Waals surface area contributed by atoms with Crippen LogP contribution in [0, 0.1) is 5.82 Å². The molecular weight excluding hydrogens is 261 g/mol. The van der Waals surface area contributed by atoms with Crippen molar-refractivity contribution in [1.29, 1.82) is 0 Å². The van der Waals surface area contributed by atoms with Crippen molar-refractivity contribution in [3.63, 3.8) is 0 Å². The van der Waals surface area contributed by atoms with E-state index in [1.165, 1.54) is 18.2 Å². The van der Waals surface area contributed by atoms with Gasteiger partial charge in [-0.05, 0) is 30.3 Å². The van der Waals surface area contributed by atoms with Gasteiger partial charge in [0.1, 0.15) is 17.2 Å². The first kappa shape index (κ1) is 12.2. The molecule has 2 aromatic carbocycles. The molecule has 0 unspecified atom stereocenters. The largest absolute Gasteiger partial charge is 0.465 e. The molecule has 0 atom stereocenters. The molecule has 1 amide bonds. The van der Waals surface area contributed by atoms with Gasteiger partial charge < -0.3 is 9.52 Å². The number of nitrogens with one attached hydrogen (secondary N) is 1. The summed E-state index contributed by atoms with van der Waals surface area (Å²) < 4.78 is 19.0. The van der Waals surface area contributed by atoms with E-state index >= 15 is 0 Å². The van der Waals surface area contributed by atoms with Crippen LogP contribution in [0.1, 0.15) is 0 Å². The normalized spacial score (nSPS) is 10.7. The predicted octanol–water partition coefficient (Wildman–Crippen LogP) is 4.33. The third-order valence-electron chi connectivity index (χ3n) is 2.91. The van der Waals surface area contributed by atoms with Crippen molar-refractivity contribution >= 4 is 22.7 Å². The maximum atomic E-state index is 13.4. The lowest BCUT2D eigenvalue weighted by atomic mass is 10.1. The SMILES string of the molecule is O=C(O)Nc1ccc(F)cc1-c1cc2ccccc2o1. The summed E-state index contributed by atoms with van der Waals surface area (Å²) in [5.74, 6) is -0.0501. The molecule has 4 nitrogen and oxygen atoms in total. The van der Waals surface area contributed by atoms with Crippen LogP contribution >= 0.6 is 0 Å². The Hall–Kier alpha value is -2.82. The topological polar surface area (TPSA) is 62.5 Å². The van der Waals surface area contributed by atoms with Crippen LogP contribution < -0.4 is 5.32 Å². The number of para-hydroxylation sites is 1. The fourth-order valence-electron chi connectivity index (χ4n) is 2.06. The first-order valence-electron chi connectivity index (χ1n) is 5.92. The smallest absolute Gasteiger partial charge is 0.409 e. The first-order chi connectivity index (χ1) is 9.63. The zero-order valence-corrected chi connectivity index (χ0v) is 10.3. The van der Waals surface area contributed by atoms with Crippen LogP contribution in [-0.2, 0) is 0 Å². The van der Waals surface area contributed by atoms with Gasteiger partial charge in [0.15, 0.2) is 0 Å². The van der Waals surface area contributed by atoms with Crippen molar-refractivity contribution in [2.45, 2.75) is 0 Å². The van der Waals surface area contributed by atoms with Gasteiger partial charge in [0.05, 0.1) is 5.69 Å². The lowest BCUT2D eigenvalue weighted by Crippen LogP contribution is -2.08. The van der Waals surface area contributed by atoms with E-state index in [2.05, 4.69) is 5.32 Å². The van der Waals surface area contributed by atoms with Crippen LogP contribution in [0.4, 0.5) is 14.9 Å². The van der Waals surface area contributed by atoms with Crippen LogP contribution in [0.2, 0.25) is 0 Å². The summed E-state index contributed by atoms with van der Waals surface area (Å²) in [5, 5.41) is 11.9. The zero-order valence-electron chi connectivity index (χ0n) is 10.3. The number of amides is 1. The van der Waals surface area contributed by atoms with Crippen LogP contribution in [0.3, 0.4) is 0 Å². The molecule has 0 spiro atoms. The standard InChI is InChI=1S/C15H10FNO3/c16-10-5-6-12(17-15(18)19)11(8-10)14-7-9-3-1-2-4-13(9)20-14/h1-8,17H,(H,18,19). The van der Waals surface area contributed by atoms with Crippen LogP contribution in [0.15, 0.2) is 52.9 Å². The Balaban J connectivity index is 2.16. The predicted molar refractivity (Wildman–Crippen MR) is 73.3 cm³/mol. The molecule has 0 aliphatic rings. The maximum absolute atomic E-state index is 13.4. The van der Waals surface area contributed by atoms with Gasteiger partial charge in [-0.1, -0.05) is 18.2 Å². The highest BCUT2D eigenvalue weighted by Crippen LogP contribution is 2.33. The average Bonchev–Trinajstić information content (AvgIpc) is 2.84. The van der Waals surface area contributed by atoms with Crippen molar-refractivity contribution in [3.05, 3.63) is 54.3 Å². The number of carboxylic acid groups (broad SMARTS) is 1. The molecule has 0 radical (unpaired) electrons. The molecule has 0 saturated heterocycles. The Kier molecular flexibility index (Phi) is 2.87. The summed E-state index contributed by atoms with van der Waals surface area (Å²) in [6.45, 7) is 0. The molecule has 20 heavy (non-hydrogen) atoms.